The summed E-state index contributed by atoms with van der Waals surface area (Å²) in [5, 5.41) is 10.9. The molecule has 0 radical (unpaired) electrons. The number of hydrogen-bond donors (Lipinski definition) is 2. The van der Waals surface area contributed by atoms with Gasteiger partial charge < -0.3 is 20.1 Å². The molecular formula is C19H27N3O5. The minimum Gasteiger partial charge on any atom is -0.494 e. The third-order valence-electron chi connectivity index (χ3n) is 4.54. The predicted octanol–water partition coefficient (Wildman–Crippen LogP) is 1.46. The zero-order valence-electron chi connectivity index (χ0n) is 15.8. The van der Waals surface area contributed by atoms with Gasteiger partial charge in [0.1, 0.15) is 11.8 Å². The Morgan fingerprint density at radius 2 is 1.78 bits per heavy atom. The fraction of sp³-hybridized carbons (Fsp3) is 0.526. The highest BCUT2D eigenvalue weighted by Gasteiger charge is 2.25. The number of carbonyl (C=O) groups is 3. The van der Waals surface area contributed by atoms with E-state index in [-0.39, 0.29) is 11.7 Å². The topological polar surface area (TPSA) is 99.2 Å². The van der Waals surface area contributed by atoms with Gasteiger partial charge in [0, 0.05) is 38.3 Å². The summed E-state index contributed by atoms with van der Waals surface area (Å²) in [7, 11) is 0. The van der Waals surface area contributed by atoms with Crippen LogP contribution in [0.5, 0.6) is 5.75 Å². The zero-order chi connectivity index (χ0) is 19.8. The number of carbonyl (C=O) groups excluding carboxylic acids is 2. The number of amides is 2. The van der Waals surface area contributed by atoms with Crippen molar-refractivity contribution in [2.75, 3.05) is 39.3 Å². The van der Waals surface area contributed by atoms with E-state index in [2.05, 4.69) is 10.2 Å². The Hall–Kier alpha value is -2.61. The zero-order valence-corrected chi connectivity index (χ0v) is 15.8. The van der Waals surface area contributed by atoms with E-state index in [1.165, 1.54) is 6.92 Å². The summed E-state index contributed by atoms with van der Waals surface area (Å²) >= 11 is 0. The van der Waals surface area contributed by atoms with Crippen LogP contribution >= 0.6 is 0 Å². The first kappa shape index (κ1) is 20.7. The number of nitrogens with zero attached hydrogens (tertiary/aromatic N) is 2. The highest BCUT2D eigenvalue weighted by atomic mass is 16.5. The van der Waals surface area contributed by atoms with Crippen LogP contribution in [-0.2, 0) is 4.79 Å². The van der Waals surface area contributed by atoms with Crippen molar-refractivity contribution in [2.45, 2.75) is 26.3 Å². The molecule has 0 bridgehead atoms. The van der Waals surface area contributed by atoms with Crippen molar-refractivity contribution >= 4 is 17.8 Å². The molecule has 27 heavy (non-hydrogen) atoms. The Bertz CT molecular complexity index is 654. The van der Waals surface area contributed by atoms with Crippen molar-refractivity contribution < 1.29 is 24.2 Å². The van der Waals surface area contributed by atoms with Gasteiger partial charge in [0.25, 0.3) is 0 Å². The average Bonchev–Trinajstić information content (AvgIpc) is 2.65. The molecule has 1 aromatic carbocycles. The van der Waals surface area contributed by atoms with Gasteiger partial charge >= 0.3 is 6.09 Å². The number of nitrogens with one attached hydrogen (secondary N) is 1. The molecule has 1 fully saturated rings. The monoisotopic (exact) mass is 377 g/mol. The molecular weight excluding hydrogens is 350 g/mol. The maximum absolute atomic E-state index is 12.2. The van der Waals surface area contributed by atoms with Crippen LogP contribution < -0.4 is 10.1 Å². The van der Waals surface area contributed by atoms with E-state index >= 15 is 0 Å². The number of Topliss-reactive ketones (excluding diaryl/α,β-unsaturated/α-hetero) is 1. The number of ketones is 1. The predicted molar refractivity (Wildman–Crippen MR) is 100 cm³/mol. The van der Waals surface area contributed by atoms with Crippen molar-refractivity contribution in [3.63, 3.8) is 0 Å². The summed E-state index contributed by atoms with van der Waals surface area (Å²) < 4.78 is 5.69. The molecule has 0 aliphatic carbocycles. The molecule has 1 aliphatic heterocycles. The number of ether oxygens (including phenoxy) is 1. The fourth-order valence-corrected chi connectivity index (χ4v) is 2.98. The number of hydrogen-bond acceptors (Lipinski definition) is 5. The summed E-state index contributed by atoms with van der Waals surface area (Å²) in [6.45, 7) is 7.26. The Balaban J connectivity index is 1.64. The molecule has 0 spiro atoms. The molecule has 0 saturated carbocycles. The summed E-state index contributed by atoms with van der Waals surface area (Å²) in [6.07, 6.45) is -0.329. The van der Waals surface area contributed by atoms with Gasteiger partial charge in [-0.15, -0.1) is 0 Å². The van der Waals surface area contributed by atoms with Gasteiger partial charge in [0.2, 0.25) is 5.91 Å². The van der Waals surface area contributed by atoms with E-state index in [9.17, 15) is 14.4 Å². The minimum absolute atomic E-state index is 0.0345. The molecule has 1 aliphatic rings. The van der Waals surface area contributed by atoms with E-state index in [4.69, 9.17) is 9.84 Å². The molecule has 8 nitrogen and oxygen atoms in total. The van der Waals surface area contributed by atoms with Crippen LogP contribution in [0.3, 0.4) is 0 Å². The van der Waals surface area contributed by atoms with Gasteiger partial charge in [-0.1, -0.05) is 0 Å². The molecule has 8 heteroatoms. The second-order valence-corrected chi connectivity index (χ2v) is 6.62. The second kappa shape index (κ2) is 9.91. The Kier molecular flexibility index (Phi) is 7.60. The number of piperazine rings is 1. The standard InChI is InChI=1S/C19H27N3O5/c1-14(20-19(25)26)18(24)22-11-9-21(10-12-22)8-3-13-27-17-6-4-16(5-7-17)15(2)23/h4-7,14,20H,3,8-13H2,1-2H3,(H,25,26)/t14-/m0/s1. The molecule has 1 aromatic rings. The largest absolute Gasteiger partial charge is 0.494 e. The van der Waals surface area contributed by atoms with Gasteiger partial charge in [-0.25, -0.2) is 4.79 Å². The van der Waals surface area contributed by atoms with Crippen molar-refractivity contribution in [2.24, 2.45) is 0 Å². The minimum atomic E-state index is -1.19. The van der Waals surface area contributed by atoms with Crippen molar-refractivity contribution in [3.05, 3.63) is 29.8 Å². The van der Waals surface area contributed by atoms with Crippen LogP contribution in [0.2, 0.25) is 0 Å². The maximum atomic E-state index is 12.2. The lowest BCUT2D eigenvalue weighted by atomic mass is 10.1. The Labute approximate surface area is 159 Å². The molecule has 1 saturated heterocycles. The molecule has 1 atom stereocenters. The second-order valence-electron chi connectivity index (χ2n) is 6.62. The fourth-order valence-electron chi connectivity index (χ4n) is 2.98. The summed E-state index contributed by atoms with van der Waals surface area (Å²) in [5.41, 5.74) is 0.669. The third kappa shape index (κ3) is 6.56. The van der Waals surface area contributed by atoms with Gasteiger partial charge in [-0.2, -0.15) is 0 Å². The van der Waals surface area contributed by atoms with Crippen molar-refractivity contribution in [1.82, 2.24) is 15.1 Å². The van der Waals surface area contributed by atoms with Gasteiger partial charge in [-0.3, -0.25) is 14.5 Å². The molecule has 0 unspecified atom stereocenters. The Morgan fingerprint density at radius 3 is 2.33 bits per heavy atom. The first-order valence-corrected chi connectivity index (χ1v) is 9.11. The van der Waals surface area contributed by atoms with Gasteiger partial charge in [0.15, 0.2) is 5.78 Å². The van der Waals surface area contributed by atoms with Gasteiger partial charge in [0.05, 0.1) is 6.61 Å². The van der Waals surface area contributed by atoms with E-state index in [1.807, 2.05) is 0 Å². The lowest BCUT2D eigenvalue weighted by molar-refractivity contribution is -0.134. The number of rotatable bonds is 8. The highest BCUT2D eigenvalue weighted by molar-refractivity contribution is 5.94. The quantitative estimate of drug-likeness (QED) is 0.526. The third-order valence-corrected chi connectivity index (χ3v) is 4.54. The van der Waals surface area contributed by atoms with E-state index in [0.29, 0.717) is 25.3 Å². The maximum Gasteiger partial charge on any atom is 0.405 e. The summed E-state index contributed by atoms with van der Waals surface area (Å²) in [4.78, 5) is 38.0. The normalized spacial score (nSPS) is 15.9. The first-order chi connectivity index (χ1) is 12.9. The van der Waals surface area contributed by atoms with E-state index < -0.39 is 12.1 Å². The lowest BCUT2D eigenvalue weighted by Gasteiger charge is -2.35. The van der Waals surface area contributed by atoms with Crippen molar-refractivity contribution in [1.29, 1.82) is 0 Å². The molecule has 2 N–H and O–H groups in total. The van der Waals surface area contributed by atoms with Crippen LogP contribution in [0.25, 0.3) is 0 Å². The summed E-state index contributed by atoms with van der Waals surface area (Å²) in [5.74, 6) is 0.594. The average molecular weight is 377 g/mol. The lowest BCUT2D eigenvalue weighted by Crippen LogP contribution is -2.54. The first-order valence-electron chi connectivity index (χ1n) is 9.11. The molecule has 2 amide bonds. The van der Waals surface area contributed by atoms with Crippen LogP contribution in [0.4, 0.5) is 4.79 Å². The van der Waals surface area contributed by atoms with Gasteiger partial charge in [-0.05, 0) is 44.5 Å². The molecule has 148 valence electrons. The number of carboxylic acid groups (broad SMARTS) is 1. The molecule has 1 heterocycles. The van der Waals surface area contributed by atoms with E-state index in [1.54, 1.807) is 36.1 Å². The Morgan fingerprint density at radius 1 is 1.15 bits per heavy atom. The van der Waals surface area contributed by atoms with Crippen LogP contribution in [0.1, 0.15) is 30.6 Å². The molecule has 0 aromatic heterocycles. The molecule has 2 rings (SSSR count). The van der Waals surface area contributed by atoms with E-state index in [0.717, 1.165) is 31.8 Å². The van der Waals surface area contributed by atoms with Crippen LogP contribution in [0.15, 0.2) is 24.3 Å². The van der Waals surface area contributed by atoms with Crippen molar-refractivity contribution in [3.8, 4) is 5.75 Å². The smallest absolute Gasteiger partial charge is 0.405 e. The highest BCUT2D eigenvalue weighted by Crippen LogP contribution is 2.13. The number of benzene rings is 1. The van der Waals surface area contributed by atoms with Crippen LogP contribution in [-0.4, -0.2) is 78.1 Å². The summed E-state index contributed by atoms with van der Waals surface area (Å²) in [6, 6.07) is 6.39. The SMILES string of the molecule is CC(=O)c1ccc(OCCCN2CCN(C(=O)[C@H](C)NC(=O)O)CC2)cc1. The van der Waals surface area contributed by atoms with Crippen LogP contribution in [0, 0.1) is 0 Å².